The van der Waals surface area contributed by atoms with Crippen molar-refractivity contribution in [2.24, 2.45) is 17.6 Å². The summed E-state index contributed by atoms with van der Waals surface area (Å²) in [5, 5.41) is 5.76. The van der Waals surface area contributed by atoms with Crippen molar-refractivity contribution in [2.45, 2.75) is 25.8 Å². The molecule has 25 heavy (non-hydrogen) atoms. The first-order valence-corrected chi connectivity index (χ1v) is 8.57. The average Bonchev–Trinajstić information content (AvgIpc) is 3.46. The van der Waals surface area contributed by atoms with E-state index in [9.17, 15) is 9.59 Å². The van der Waals surface area contributed by atoms with Crippen LogP contribution in [0.15, 0.2) is 54.6 Å². The van der Waals surface area contributed by atoms with Crippen LogP contribution in [0.1, 0.15) is 31.4 Å². The van der Waals surface area contributed by atoms with Crippen LogP contribution in [0.4, 0.5) is 11.4 Å². The molecule has 5 nitrogen and oxygen atoms in total. The van der Waals surface area contributed by atoms with E-state index in [1.807, 2.05) is 43.3 Å². The number of nitrogens with one attached hydrogen (secondary N) is 2. The summed E-state index contributed by atoms with van der Waals surface area (Å²) in [6.07, 6.45) is 1.91. The smallest absolute Gasteiger partial charge is 0.229 e. The van der Waals surface area contributed by atoms with Gasteiger partial charge in [0.2, 0.25) is 11.8 Å². The highest BCUT2D eigenvalue weighted by molar-refractivity contribution is 5.96. The lowest BCUT2D eigenvalue weighted by Crippen LogP contribution is -2.30. The van der Waals surface area contributed by atoms with Gasteiger partial charge >= 0.3 is 0 Å². The van der Waals surface area contributed by atoms with Gasteiger partial charge in [-0.1, -0.05) is 43.3 Å². The number of rotatable bonds is 6. The predicted molar refractivity (Wildman–Crippen MR) is 99.0 cm³/mol. The fourth-order valence-corrected chi connectivity index (χ4v) is 2.65. The Morgan fingerprint density at radius 3 is 2.28 bits per heavy atom. The summed E-state index contributed by atoms with van der Waals surface area (Å²) < 4.78 is 0. The minimum atomic E-state index is -0.382. The lowest BCUT2D eigenvalue weighted by atomic mass is 9.94. The van der Waals surface area contributed by atoms with E-state index < -0.39 is 0 Å². The minimum Gasteiger partial charge on any atom is -0.326 e. The Morgan fingerprint density at radius 1 is 1.00 bits per heavy atom. The summed E-state index contributed by atoms with van der Waals surface area (Å²) >= 11 is 0. The monoisotopic (exact) mass is 337 g/mol. The summed E-state index contributed by atoms with van der Waals surface area (Å²) in [6.45, 7) is 1.81. The zero-order chi connectivity index (χ0) is 17.8. The van der Waals surface area contributed by atoms with E-state index in [1.165, 1.54) is 0 Å². The van der Waals surface area contributed by atoms with Crippen molar-refractivity contribution in [1.82, 2.24) is 0 Å². The molecular weight excluding hydrogens is 314 g/mol. The molecule has 0 saturated heterocycles. The lowest BCUT2D eigenvalue weighted by molar-refractivity contribution is -0.120. The molecule has 5 heteroatoms. The Kier molecular flexibility index (Phi) is 5.14. The molecule has 1 aliphatic carbocycles. The first-order valence-electron chi connectivity index (χ1n) is 8.57. The van der Waals surface area contributed by atoms with Gasteiger partial charge in [-0.3, -0.25) is 9.59 Å². The van der Waals surface area contributed by atoms with Crippen molar-refractivity contribution < 1.29 is 9.59 Å². The number of benzene rings is 2. The maximum atomic E-state index is 12.5. The van der Waals surface area contributed by atoms with Crippen LogP contribution in [0, 0.1) is 11.8 Å². The average molecular weight is 337 g/mol. The van der Waals surface area contributed by atoms with Crippen molar-refractivity contribution in [3.05, 3.63) is 60.2 Å². The first kappa shape index (κ1) is 17.2. The van der Waals surface area contributed by atoms with Gasteiger partial charge in [0, 0.05) is 23.3 Å². The van der Waals surface area contributed by atoms with Gasteiger partial charge in [0.1, 0.15) is 0 Å². The van der Waals surface area contributed by atoms with Crippen LogP contribution < -0.4 is 16.4 Å². The molecule has 2 amide bonds. The van der Waals surface area contributed by atoms with E-state index in [2.05, 4.69) is 10.6 Å². The molecule has 3 rings (SSSR count). The summed E-state index contributed by atoms with van der Waals surface area (Å²) in [5.41, 5.74) is 8.47. The van der Waals surface area contributed by atoms with E-state index in [0.29, 0.717) is 11.4 Å². The molecule has 2 aromatic carbocycles. The maximum absolute atomic E-state index is 12.5. The number of carbonyl (C=O) groups is 2. The molecule has 0 aliphatic heterocycles. The maximum Gasteiger partial charge on any atom is 0.229 e. The topological polar surface area (TPSA) is 84.2 Å². The van der Waals surface area contributed by atoms with Gasteiger partial charge in [-0.05, 0) is 36.6 Å². The molecule has 0 spiro atoms. The van der Waals surface area contributed by atoms with Crippen LogP contribution in [-0.2, 0) is 9.59 Å². The fourth-order valence-electron chi connectivity index (χ4n) is 2.65. The summed E-state index contributed by atoms with van der Waals surface area (Å²) in [6, 6.07) is 16.4. The number of nitrogens with two attached hydrogens (primary N) is 1. The van der Waals surface area contributed by atoms with Crippen molar-refractivity contribution in [1.29, 1.82) is 0 Å². The molecule has 4 N–H and O–H groups in total. The molecule has 2 atom stereocenters. The van der Waals surface area contributed by atoms with E-state index >= 15 is 0 Å². The second-order valence-electron chi connectivity index (χ2n) is 6.56. The second kappa shape index (κ2) is 7.49. The fraction of sp³-hybridized carbons (Fsp3) is 0.300. The first-order chi connectivity index (χ1) is 12.0. The summed E-state index contributed by atoms with van der Waals surface area (Å²) in [4.78, 5) is 24.3. The van der Waals surface area contributed by atoms with Crippen LogP contribution in [0.25, 0.3) is 0 Å². The summed E-state index contributed by atoms with van der Waals surface area (Å²) in [5.74, 6) is -0.348. The molecule has 1 aliphatic rings. The molecule has 130 valence electrons. The van der Waals surface area contributed by atoms with Crippen molar-refractivity contribution in [3.8, 4) is 0 Å². The molecule has 0 radical (unpaired) electrons. The van der Waals surface area contributed by atoms with Crippen molar-refractivity contribution in [3.63, 3.8) is 0 Å². The second-order valence-corrected chi connectivity index (χ2v) is 6.56. The van der Waals surface area contributed by atoms with Crippen LogP contribution in [0.3, 0.4) is 0 Å². The van der Waals surface area contributed by atoms with Gasteiger partial charge in [0.15, 0.2) is 0 Å². The lowest BCUT2D eigenvalue weighted by Gasteiger charge is -2.20. The highest BCUT2D eigenvalue weighted by atomic mass is 16.2. The van der Waals surface area contributed by atoms with Gasteiger partial charge in [-0.25, -0.2) is 0 Å². The van der Waals surface area contributed by atoms with Gasteiger partial charge in [0.05, 0.1) is 5.92 Å². The SMILES string of the molecule is CC(C(=O)Nc1cccc(NC(=O)C2CC2)c1)C(N)c1ccccc1. The number of anilines is 2. The number of carbonyl (C=O) groups excluding carboxylic acids is 2. The molecular formula is C20H23N3O2. The quantitative estimate of drug-likeness (QED) is 0.756. The highest BCUT2D eigenvalue weighted by Gasteiger charge is 2.29. The van der Waals surface area contributed by atoms with Gasteiger partial charge in [-0.2, -0.15) is 0 Å². The van der Waals surface area contributed by atoms with Crippen molar-refractivity contribution >= 4 is 23.2 Å². The number of hydrogen-bond acceptors (Lipinski definition) is 3. The third-order valence-corrected chi connectivity index (χ3v) is 4.48. The van der Waals surface area contributed by atoms with Gasteiger partial charge in [0.25, 0.3) is 0 Å². The standard InChI is InChI=1S/C20H23N3O2/c1-13(18(21)14-6-3-2-4-7-14)19(24)22-16-8-5-9-17(12-16)23-20(25)15-10-11-15/h2-9,12-13,15,18H,10-11,21H2,1H3,(H,22,24)(H,23,25). The molecule has 2 unspecified atom stereocenters. The Morgan fingerprint density at radius 2 is 1.64 bits per heavy atom. The van der Waals surface area contributed by atoms with Crippen molar-refractivity contribution in [2.75, 3.05) is 10.6 Å². The molecule has 0 bridgehead atoms. The molecule has 0 heterocycles. The molecule has 2 aromatic rings. The Hall–Kier alpha value is -2.66. The van der Waals surface area contributed by atoms with E-state index in [0.717, 1.165) is 18.4 Å². The molecule has 1 saturated carbocycles. The van der Waals surface area contributed by atoms with E-state index in [4.69, 9.17) is 5.73 Å². The van der Waals surface area contributed by atoms with Gasteiger partial charge in [-0.15, -0.1) is 0 Å². The number of amides is 2. The Labute approximate surface area is 147 Å². The van der Waals surface area contributed by atoms with Crippen LogP contribution >= 0.6 is 0 Å². The van der Waals surface area contributed by atoms with Crippen LogP contribution in [-0.4, -0.2) is 11.8 Å². The third kappa shape index (κ3) is 4.45. The van der Waals surface area contributed by atoms with E-state index in [1.54, 1.807) is 18.2 Å². The van der Waals surface area contributed by atoms with Crippen LogP contribution in [0.5, 0.6) is 0 Å². The predicted octanol–water partition coefficient (Wildman–Crippen LogP) is 3.31. The van der Waals surface area contributed by atoms with E-state index in [-0.39, 0.29) is 29.7 Å². The minimum absolute atomic E-state index is 0.0444. The summed E-state index contributed by atoms with van der Waals surface area (Å²) in [7, 11) is 0. The third-order valence-electron chi connectivity index (χ3n) is 4.48. The largest absolute Gasteiger partial charge is 0.326 e. The zero-order valence-electron chi connectivity index (χ0n) is 14.2. The number of hydrogen-bond donors (Lipinski definition) is 3. The van der Waals surface area contributed by atoms with Gasteiger partial charge < -0.3 is 16.4 Å². The normalized spacial score (nSPS) is 15.9. The zero-order valence-corrected chi connectivity index (χ0v) is 14.2. The molecule has 0 aromatic heterocycles. The van der Waals surface area contributed by atoms with Crippen LogP contribution in [0.2, 0.25) is 0 Å². The highest BCUT2D eigenvalue weighted by Crippen LogP contribution is 2.30. The Balaban J connectivity index is 1.62. The Bertz CT molecular complexity index is 757. The molecule has 1 fully saturated rings.